The van der Waals surface area contributed by atoms with Crippen molar-refractivity contribution in [3.63, 3.8) is 0 Å². The van der Waals surface area contributed by atoms with Gasteiger partial charge < -0.3 is 10.6 Å². The van der Waals surface area contributed by atoms with Crippen LogP contribution in [0.3, 0.4) is 0 Å². The van der Waals surface area contributed by atoms with Gasteiger partial charge in [-0.3, -0.25) is 4.79 Å². The topological polar surface area (TPSA) is 41.1 Å². The molecule has 0 saturated heterocycles. The van der Waals surface area contributed by atoms with Crippen LogP contribution in [0.25, 0.3) is 0 Å². The summed E-state index contributed by atoms with van der Waals surface area (Å²) in [7, 11) is 0. The zero-order chi connectivity index (χ0) is 14.8. The summed E-state index contributed by atoms with van der Waals surface area (Å²) in [4.78, 5) is 12.1. The van der Waals surface area contributed by atoms with Crippen LogP contribution < -0.4 is 10.6 Å². The molecule has 0 bridgehead atoms. The smallest absolute Gasteiger partial charge is 0.254 e. The molecule has 0 fully saturated rings. The SMILES string of the molecule is Cc1cccc(C(=O)NCc2ccc3c(c2)CNC3)c1F. The first kappa shape index (κ1) is 13.8. The van der Waals surface area contributed by atoms with Crippen molar-refractivity contribution in [1.82, 2.24) is 10.6 Å². The molecule has 0 radical (unpaired) electrons. The summed E-state index contributed by atoms with van der Waals surface area (Å²) < 4.78 is 13.9. The van der Waals surface area contributed by atoms with Gasteiger partial charge >= 0.3 is 0 Å². The highest BCUT2D eigenvalue weighted by Gasteiger charge is 2.14. The molecule has 1 amide bonds. The first-order valence-electron chi connectivity index (χ1n) is 7.00. The van der Waals surface area contributed by atoms with Crippen molar-refractivity contribution >= 4 is 5.91 Å². The van der Waals surface area contributed by atoms with Crippen LogP contribution in [0.5, 0.6) is 0 Å². The number of hydrogen-bond donors (Lipinski definition) is 2. The van der Waals surface area contributed by atoms with Crippen molar-refractivity contribution in [2.24, 2.45) is 0 Å². The third-order valence-corrected chi connectivity index (χ3v) is 3.79. The van der Waals surface area contributed by atoms with Gasteiger partial charge in [0, 0.05) is 19.6 Å². The average Bonchev–Trinajstić information content (AvgIpc) is 2.95. The number of carbonyl (C=O) groups is 1. The molecule has 3 nitrogen and oxygen atoms in total. The minimum absolute atomic E-state index is 0.0952. The molecular weight excluding hydrogens is 267 g/mol. The molecule has 0 spiro atoms. The molecule has 0 atom stereocenters. The van der Waals surface area contributed by atoms with E-state index >= 15 is 0 Å². The number of nitrogens with one attached hydrogen (secondary N) is 2. The first-order valence-corrected chi connectivity index (χ1v) is 7.00. The van der Waals surface area contributed by atoms with Gasteiger partial charge in [-0.2, -0.15) is 0 Å². The van der Waals surface area contributed by atoms with Crippen LogP contribution in [-0.2, 0) is 19.6 Å². The van der Waals surface area contributed by atoms with Crippen molar-refractivity contribution < 1.29 is 9.18 Å². The molecule has 0 aromatic heterocycles. The lowest BCUT2D eigenvalue weighted by Crippen LogP contribution is -2.24. The zero-order valence-electron chi connectivity index (χ0n) is 11.9. The highest BCUT2D eigenvalue weighted by Crippen LogP contribution is 2.17. The van der Waals surface area contributed by atoms with Crippen molar-refractivity contribution in [2.45, 2.75) is 26.6 Å². The van der Waals surface area contributed by atoms with Crippen molar-refractivity contribution in [1.29, 1.82) is 0 Å². The number of fused-ring (bicyclic) bond motifs is 1. The molecule has 0 saturated carbocycles. The summed E-state index contributed by atoms with van der Waals surface area (Å²) in [6.07, 6.45) is 0. The third-order valence-electron chi connectivity index (χ3n) is 3.79. The Hall–Kier alpha value is -2.20. The molecule has 2 aromatic carbocycles. The fraction of sp³-hybridized carbons (Fsp3) is 0.235. The number of carbonyl (C=O) groups excluding carboxylic acids is 1. The second kappa shape index (κ2) is 5.66. The van der Waals surface area contributed by atoms with Crippen LogP contribution in [0.4, 0.5) is 4.39 Å². The maximum atomic E-state index is 13.9. The molecule has 3 rings (SSSR count). The normalized spacial score (nSPS) is 13.0. The van der Waals surface area contributed by atoms with E-state index in [4.69, 9.17) is 0 Å². The van der Waals surface area contributed by atoms with Crippen LogP contribution in [-0.4, -0.2) is 5.91 Å². The largest absolute Gasteiger partial charge is 0.348 e. The summed E-state index contributed by atoms with van der Waals surface area (Å²) in [5.74, 6) is -0.831. The lowest BCUT2D eigenvalue weighted by Gasteiger charge is -2.08. The number of hydrogen-bond acceptors (Lipinski definition) is 2. The van der Waals surface area contributed by atoms with E-state index in [1.54, 1.807) is 19.1 Å². The Kier molecular flexibility index (Phi) is 3.71. The molecule has 1 aliphatic heterocycles. The Morgan fingerprint density at radius 2 is 2.05 bits per heavy atom. The van der Waals surface area contributed by atoms with Crippen LogP contribution in [0.1, 0.15) is 32.6 Å². The molecule has 0 unspecified atom stereocenters. The highest BCUT2D eigenvalue weighted by atomic mass is 19.1. The number of rotatable bonds is 3. The first-order chi connectivity index (χ1) is 10.1. The second-order valence-electron chi connectivity index (χ2n) is 5.33. The summed E-state index contributed by atoms with van der Waals surface area (Å²) in [5.41, 5.74) is 4.17. The zero-order valence-corrected chi connectivity index (χ0v) is 11.9. The van der Waals surface area contributed by atoms with E-state index in [2.05, 4.69) is 22.8 Å². The quantitative estimate of drug-likeness (QED) is 0.910. The summed E-state index contributed by atoms with van der Waals surface area (Å²) >= 11 is 0. The molecule has 4 heteroatoms. The van der Waals surface area contributed by atoms with Gasteiger partial charge in [-0.05, 0) is 35.2 Å². The maximum Gasteiger partial charge on any atom is 0.254 e. The minimum Gasteiger partial charge on any atom is -0.348 e. The highest BCUT2D eigenvalue weighted by molar-refractivity contribution is 5.94. The molecule has 2 aromatic rings. The minimum atomic E-state index is -0.451. The van der Waals surface area contributed by atoms with Crippen LogP contribution >= 0.6 is 0 Å². The van der Waals surface area contributed by atoms with Crippen LogP contribution in [0.15, 0.2) is 36.4 Å². The van der Waals surface area contributed by atoms with Crippen molar-refractivity contribution in [3.05, 3.63) is 70.0 Å². The standard InChI is InChI=1S/C17H17FN2O/c1-11-3-2-4-15(16(11)18)17(21)20-8-12-5-6-13-9-19-10-14(13)7-12/h2-7,19H,8-10H2,1H3,(H,20,21). The molecule has 1 heterocycles. The fourth-order valence-electron chi connectivity index (χ4n) is 2.56. The van der Waals surface area contributed by atoms with Gasteiger partial charge in [-0.1, -0.05) is 30.3 Å². The van der Waals surface area contributed by atoms with Crippen LogP contribution in [0.2, 0.25) is 0 Å². The Labute approximate surface area is 123 Å². The number of benzene rings is 2. The molecule has 0 aliphatic carbocycles. The van der Waals surface area contributed by atoms with E-state index in [0.29, 0.717) is 12.1 Å². The average molecular weight is 284 g/mol. The monoisotopic (exact) mass is 284 g/mol. The second-order valence-corrected chi connectivity index (χ2v) is 5.33. The molecule has 1 aliphatic rings. The maximum absolute atomic E-state index is 13.9. The predicted molar refractivity (Wildman–Crippen MR) is 79.3 cm³/mol. The Bertz CT molecular complexity index is 697. The van der Waals surface area contributed by atoms with Gasteiger partial charge in [0.05, 0.1) is 5.56 Å². The van der Waals surface area contributed by atoms with Gasteiger partial charge in [0.15, 0.2) is 0 Å². The van der Waals surface area contributed by atoms with Gasteiger partial charge in [0.1, 0.15) is 5.82 Å². The van der Waals surface area contributed by atoms with Crippen molar-refractivity contribution in [2.75, 3.05) is 0 Å². The lowest BCUT2D eigenvalue weighted by atomic mass is 10.1. The fourth-order valence-corrected chi connectivity index (χ4v) is 2.56. The number of amides is 1. The van der Waals surface area contributed by atoms with Gasteiger partial charge in [0.2, 0.25) is 0 Å². The lowest BCUT2D eigenvalue weighted by molar-refractivity contribution is 0.0946. The van der Waals surface area contributed by atoms with E-state index in [-0.39, 0.29) is 11.5 Å². The molecule has 2 N–H and O–H groups in total. The van der Waals surface area contributed by atoms with E-state index in [1.807, 2.05) is 6.07 Å². The van der Waals surface area contributed by atoms with E-state index in [9.17, 15) is 9.18 Å². The Balaban J connectivity index is 1.70. The van der Waals surface area contributed by atoms with Crippen LogP contribution in [0, 0.1) is 12.7 Å². The van der Waals surface area contributed by atoms with E-state index < -0.39 is 5.82 Å². The van der Waals surface area contributed by atoms with Gasteiger partial charge in [0.25, 0.3) is 5.91 Å². The Morgan fingerprint density at radius 3 is 2.90 bits per heavy atom. The summed E-state index contributed by atoms with van der Waals surface area (Å²) in [6, 6.07) is 11.0. The molecular formula is C17H17FN2O. The van der Waals surface area contributed by atoms with Gasteiger partial charge in [-0.25, -0.2) is 4.39 Å². The number of aryl methyl sites for hydroxylation is 1. The van der Waals surface area contributed by atoms with E-state index in [1.165, 1.54) is 17.2 Å². The van der Waals surface area contributed by atoms with Crippen molar-refractivity contribution in [3.8, 4) is 0 Å². The molecule has 21 heavy (non-hydrogen) atoms. The molecule has 108 valence electrons. The predicted octanol–water partition coefficient (Wildman–Crippen LogP) is 2.67. The summed E-state index contributed by atoms with van der Waals surface area (Å²) in [6.45, 7) is 3.82. The third kappa shape index (κ3) is 2.81. The van der Waals surface area contributed by atoms with Gasteiger partial charge in [-0.15, -0.1) is 0 Å². The number of halogens is 1. The Morgan fingerprint density at radius 1 is 1.24 bits per heavy atom. The van der Waals surface area contributed by atoms with E-state index in [0.717, 1.165) is 18.7 Å². The summed E-state index contributed by atoms with van der Waals surface area (Å²) in [5, 5.41) is 6.06.